The molecular formula is C17H19F3N4. The fourth-order valence-electron chi connectivity index (χ4n) is 2.92. The van der Waals surface area contributed by atoms with Crippen molar-refractivity contribution >= 4 is 0 Å². The molecule has 1 aliphatic heterocycles. The monoisotopic (exact) mass is 336 g/mol. The van der Waals surface area contributed by atoms with E-state index in [9.17, 15) is 13.2 Å². The molecule has 1 aliphatic rings. The van der Waals surface area contributed by atoms with Gasteiger partial charge in [-0.15, -0.1) is 0 Å². The highest BCUT2D eigenvalue weighted by Gasteiger charge is 2.35. The van der Waals surface area contributed by atoms with Gasteiger partial charge in [-0.05, 0) is 23.3 Å². The van der Waals surface area contributed by atoms with Gasteiger partial charge in [0, 0.05) is 57.9 Å². The van der Waals surface area contributed by atoms with E-state index < -0.39 is 11.9 Å². The van der Waals surface area contributed by atoms with Crippen LogP contribution < -0.4 is 0 Å². The van der Waals surface area contributed by atoms with E-state index >= 15 is 0 Å². The summed E-state index contributed by atoms with van der Waals surface area (Å²) in [6.45, 7) is 4.25. The van der Waals surface area contributed by atoms with Crippen LogP contribution in [0.4, 0.5) is 13.2 Å². The number of piperazine rings is 1. The van der Waals surface area contributed by atoms with Crippen LogP contribution >= 0.6 is 0 Å². The normalized spacial score (nSPS) is 17.1. The highest BCUT2D eigenvalue weighted by Crippen LogP contribution is 2.30. The fraction of sp³-hybridized carbons (Fsp3) is 0.412. The summed E-state index contributed by atoms with van der Waals surface area (Å²) in [7, 11) is 0. The molecule has 0 N–H and O–H groups in total. The Morgan fingerprint density at radius 3 is 2.21 bits per heavy atom. The molecule has 0 amide bonds. The smallest absolute Gasteiger partial charge is 0.296 e. The van der Waals surface area contributed by atoms with Crippen molar-refractivity contribution < 1.29 is 13.2 Å². The zero-order chi connectivity index (χ0) is 17.0. The standard InChI is InChI=1S/C17H19F3N4/c18-17(19,20)16-15(4-2-6-22-16)13-24-9-7-23(8-10-24)12-14-3-1-5-21-11-14/h1-6,11H,7-10,12-13H2. The van der Waals surface area contributed by atoms with Crippen LogP contribution in [0.25, 0.3) is 0 Å². The molecule has 0 aromatic carbocycles. The first kappa shape index (κ1) is 16.9. The molecule has 128 valence electrons. The third-order valence-corrected chi connectivity index (χ3v) is 4.15. The van der Waals surface area contributed by atoms with Gasteiger partial charge < -0.3 is 0 Å². The van der Waals surface area contributed by atoms with Gasteiger partial charge in [-0.2, -0.15) is 13.2 Å². The van der Waals surface area contributed by atoms with Gasteiger partial charge in [-0.25, -0.2) is 0 Å². The number of alkyl halides is 3. The number of aromatic nitrogens is 2. The quantitative estimate of drug-likeness (QED) is 0.859. The molecule has 0 saturated carbocycles. The van der Waals surface area contributed by atoms with Crippen LogP contribution in [0.15, 0.2) is 42.9 Å². The van der Waals surface area contributed by atoms with E-state index in [1.54, 1.807) is 12.3 Å². The molecule has 3 heterocycles. The van der Waals surface area contributed by atoms with E-state index in [0.717, 1.165) is 38.3 Å². The minimum absolute atomic E-state index is 0.241. The lowest BCUT2D eigenvalue weighted by Crippen LogP contribution is -2.45. The Hall–Kier alpha value is -1.99. The molecule has 0 radical (unpaired) electrons. The molecule has 0 spiro atoms. The van der Waals surface area contributed by atoms with E-state index in [1.165, 1.54) is 12.3 Å². The summed E-state index contributed by atoms with van der Waals surface area (Å²) >= 11 is 0. The first-order chi connectivity index (χ1) is 11.5. The van der Waals surface area contributed by atoms with Crippen molar-refractivity contribution in [3.05, 3.63) is 59.7 Å². The van der Waals surface area contributed by atoms with Crippen molar-refractivity contribution in [3.8, 4) is 0 Å². The lowest BCUT2D eigenvalue weighted by Gasteiger charge is -2.35. The molecule has 2 aromatic heterocycles. The minimum Gasteiger partial charge on any atom is -0.296 e. The second-order valence-electron chi connectivity index (χ2n) is 5.92. The maximum Gasteiger partial charge on any atom is 0.433 e. The Morgan fingerprint density at radius 2 is 1.58 bits per heavy atom. The Labute approximate surface area is 138 Å². The molecule has 4 nitrogen and oxygen atoms in total. The summed E-state index contributed by atoms with van der Waals surface area (Å²) in [6.07, 6.45) is 0.377. The van der Waals surface area contributed by atoms with Gasteiger partial charge in [0.05, 0.1) is 0 Å². The maximum absolute atomic E-state index is 13.0. The van der Waals surface area contributed by atoms with Gasteiger partial charge >= 0.3 is 6.18 Å². The first-order valence-corrected chi connectivity index (χ1v) is 7.87. The summed E-state index contributed by atoms with van der Waals surface area (Å²) in [5, 5.41) is 0. The molecule has 0 atom stereocenters. The minimum atomic E-state index is -4.40. The molecule has 2 aromatic rings. The molecule has 1 fully saturated rings. The molecule has 0 aliphatic carbocycles. The van der Waals surface area contributed by atoms with Crippen LogP contribution in [0.2, 0.25) is 0 Å². The van der Waals surface area contributed by atoms with Crippen molar-refractivity contribution in [2.24, 2.45) is 0 Å². The summed E-state index contributed by atoms with van der Waals surface area (Å²) in [5.41, 5.74) is 0.617. The summed E-state index contributed by atoms with van der Waals surface area (Å²) in [6, 6.07) is 7.01. The van der Waals surface area contributed by atoms with Gasteiger partial charge in [-0.3, -0.25) is 19.8 Å². The lowest BCUT2D eigenvalue weighted by molar-refractivity contribution is -0.142. The summed E-state index contributed by atoms with van der Waals surface area (Å²) in [5.74, 6) is 0. The SMILES string of the molecule is FC(F)(F)c1ncccc1CN1CCN(Cc2cccnc2)CC1. The summed E-state index contributed by atoms with van der Waals surface area (Å²) < 4.78 is 39.0. The molecule has 1 saturated heterocycles. The van der Waals surface area contributed by atoms with Crippen LogP contribution in [0.1, 0.15) is 16.8 Å². The predicted molar refractivity (Wildman–Crippen MR) is 84.0 cm³/mol. The van der Waals surface area contributed by atoms with Crippen molar-refractivity contribution in [1.82, 2.24) is 19.8 Å². The first-order valence-electron chi connectivity index (χ1n) is 7.87. The average molecular weight is 336 g/mol. The second-order valence-corrected chi connectivity index (χ2v) is 5.92. The van der Waals surface area contributed by atoms with Gasteiger partial charge in [0.1, 0.15) is 5.69 Å². The van der Waals surface area contributed by atoms with Crippen LogP contribution in [0, 0.1) is 0 Å². The number of hydrogen-bond donors (Lipinski definition) is 0. The highest BCUT2D eigenvalue weighted by atomic mass is 19.4. The van der Waals surface area contributed by atoms with E-state index in [4.69, 9.17) is 0 Å². The Bertz CT molecular complexity index is 652. The van der Waals surface area contributed by atoms with Crippen LogP contribution in [-0.2, 0) is 19.3 Å². The topological polar surface area (TPSA) is 32.3 Å². The van der Waals surface area contributed by atoms with E-state index in [1.807, 2.05) is 23.2 Å². The average Bonchev–Trinajstić information content (AvgIpc) is 2.57. The summed E-state index contributed by atoms with van der Waals surface area (Å²) in [4.78, 5) is 12.0. The number of rotatable bonds is 4. The molecular weight excluding hydrogens is 317 g/mol. The van der Waals surface area contributed by atoms with Crippen LogP contribution in [-0.4, -0.2) is 45.9 Å². The second kappa shape index (κ2) is 7.27. The van der Waals surface area contributed by atoms with Gasteiger partial charge in [0.2, 0.25) is 0 Å². The van der Waals surface area contributed by atoms with Gasteiger partial charge in [0.25, 0.3) is 0 Å². The molecule has 7 heteroatoms. The van der Waals surface area contributed by atoms with E-state index in [-0.39, 0.29) is 12.1 Å². The number of nitrogens with zero attached hydrogens (tertiary/aromatic N) is 4. The maximum atomic E-state index is 13.0. The van der Waals surface area contributed by atoms with E-state index in [0.29, 0.717) is 0 Å². The Balaban J connectivity index is 1.56. The third-order valence-electron chi connectivity index (χ3n) is 4.15. The van der Waals surface area contributed by atoms with Gasteiger partial charge in [0.15, 0.2) is 0 Å². The Kier molecular flexibility index (Phi) is 5.11. The largest absolute Gasteiger partial charge is 0.433 e. The van der Waals surface area contributed by atoms with Crippen LogP contribution in [0.5, 0.6) is 0 Å². The van der Waals surface area contributed by atoms with Crippen molar-refractivity contribution in [3.63, 3.8) is 0 Å². The number of halogens is 3. The fourth-order valence-corrected chi connectivity index (χ4v) is 2.92. The zero-order valence-corrected chi connectivity index (χ0v) is 13.2. The molecule has 0 unspecified atom stereocenters. The number of pyridine rings is 2. The van der Waals surface area contributed by atoms with Crippen molar-refractivity contribution in [1.29, 1.82) is 0 Å². The van der Waals surface area contributed by atoms with Crippen molar-refractivity contribution in [2.75, 3.05) is 26.2 Å². The van der Waals surface area contributed by atoms with Gasteiger partial charge in [-0.1, -0.05) is 12.1 Å². The molecule has 3 rings (SSSR count). The molecule has 0 bridgehead atoms. The lowest BCUT2D eigenvalue weighted by atomic mass is 10.1. The van der Waals surface area contributed by atoms with Crippen LogP contribution in [0.3, 0.4) is 0 Å². The molecule has 24 heavy (non-hydrogen) atoms. The highest BCUT2D eigenvalue weighted by molar-refractivity contribution is 5.22. The Morgan fingerprint density at radius 1 is 0.917 bits per heavy atom. The van der Waals surface area contributed by atoms with Crippen molar-refractivity contribution in [2.45, 2.75) is 19.3 Å². The number of hydrogen-bond acceptors (Lipinski definition) is 4. The third kappa shape index (κ3) is 4.30. The zero-order valence-electron chi connectivity index (χ0n) is 13.2. The predicted octanol–water partition coefficient (Wildman–Crippen LogP) is 2.81. The van der Waals surface area contributed by atoms with E-state index in [2.05, 4.69) is 14.9 Å².